The van der Waals surface area contributed by atoms with Crippen molar-refractivity contribution in [3.63, 3.8) is 0 Å². The Morgan fingerprint density at radius 1 is 1.04 bits per heavy atom. The third-order valence-corrected chi connectivity index (χ3v) is 5.85. The van der Waals surface area contributed by atoms with Crippen molar-refractivity contribution in [2.45, 2.75) is 13.8 Å². The summed E-state index contributed by atoms with van der Waals surface area (Å²) in [7, 11) is 1.78. The molecule has 1 aliphatic rings. The van der Waals surface area contributed by atoms with Crippen molar-refractivity contribution in [2.24, 2.45) is 7.05 Å². The van der Waals surface area contributed by atoms with Gasteiger partial charge >= 0.3 is 0 Å². The van der Waals surface area contributed by atoms with Crippen molar-refractivity contribution in [1.82, 2.24) is 24.6 Å². The molecule has 0 unspecified atom stereocenters. The van der Waals surface area contributed by atoms with Gasteiger partial charge in [0.25, 0.3) is 11.8 Å². The van der Waals surface area contributed by atoms with E-state index in [4.69, 9.17) is 0 Å². The van der Waals surface area contributed by atoms with Crippen molar-refractivity contribution in [3.8, 4) is 0 Å². The highest BCUT2D eigenvalue weighted by Crippen LogP contribution is 2.23. The van der Waals surface area contributed by atoms with E-state index >= 15 is 0 Å². The molecule has 140 valence electrons. The molecular weight excluding hydrogens is 362 g/mol. The van der Waals surface area contributed by atoms with Gasteiger partial charge in [0.2, 0.25) is 0 Å². The molecular formula is C19H21N5O2S. The van der Waals surface area contributed by atoms with Gasteiger partial charge in [-0.2, -0.15) is 5.10 Å². The van der Waals surface area contributed by atoms with Gasteiger partial charge in [-0.15, -0.1) is 11.3 Å². The molecule has 2 amide bonds. The molecule has 1 aliphatic heterocycles. The molecule has 0 saturated carbocycles. The Morgan fingerprint density at radius 3 is 2.33 bits per heavy atom. The first-order valence-electron chi connectivity index (χ1n) is 8.88. The number of carbonyl (C=O) groups is 2. The van der Waals surface area contributed by atoms with E-state index in [1.165, 1.54) is 0 Å². The summed E-state index contributed by atoms with van der Waals surface area (Å²) in [4.78, 5) is 33.7. The molecule has 0 aliphatic carbocycles. The van der Waals surface area contributed by atoms with Crippen LogP contribution in [-0.2, 0) is 7.05 Å². The van der Waals surface area contributed by atoms with Crippen molar-refractivity contribution < 1.29 is 9.59 Å². The van der Waals surface area contributed by atoms with Gasteiger partial charge in [0.1, 0.15) is 5.69 Å². The van der Waals surface area contributed by atoms with Crippen LogP contribution in [0.15, 0.2) is 24.4 Å². The number of rotatable bonds is 2. The van der Waals surface area contributed by atoms with Gasteiger partial charge < -0.3 is 9.80 Å². The first-order valence-corrected chi connectivity index (χ1v) is 9.70. The fourth-order valence-electron chi connectivity index (χ4n) is 3.47. The van der Waals surface area contributed by atoms with Crippen molar-refractivity contribution in [2.75, 3.05) is 26.2 Å². The highest BCUT2D eigenvalue weighted by atomic mass is 32.1. The van der Waals surface area contributed by atoms with Crippen molar-refractivity contribution in [1.29, 1.82) is 0 Å². The lowest BCUT2D eigenvalue weighted by atomic mass is 10.1. The molecule has 0 radical (unpaired) electrons. The number of fused-ring (bicyclic) bond motifs is 1. The third kappa shape index (κ3) is 3.21. The number of amides is 2. The Bertz CT molecular complexity index is 1010. The first-order chi connectivity index (χ1) is 12.9. The lowest BCUT2D eigenvalue weighted by molar-refractivity contribution is 0.0529. The standard InChI is InChI=1S/C19H21N5O2S/c1-12-11-20-22(3)17(12)19(26)24-8-6-23(7-9-24)18(25)14-4-5-15-16(10-14)27-13(2)21-15/h4-5,10-11H,6-9H2,1-3H3. The summed E-state index contributed by atoms with van der Waals surface area (Å²) < 4.78 is 2.64. The minimum atomic E-state index is -0.0267. The maximum Gasteiger partial charge on any atom is 0.272 e. The minimum Gasteiger partial charge on any atom is -0.335 e. The van der Waals surface area contributed by atoms with Crippen LogP contribution in [0.1, 0.15) is 31.4 Å². The zero-order chi connectivity index (χ0) is 19.1. The summed E-state index contributed by atoms with van der Waals surface area (Å²) in [5, 5.41) is 5.13. The van der Waals surface area contributed by atoms with Gasteiger partial charge in [0, 0.05) is 38.8 Å². The van der Waals surface area contributed by atoms with Crippen molar-refractivity contribution >= 4 is 33.4 Å². The molecule has 3 heterocycles. The number of hydrogen-bond acceptors (Lipinski definition) is 5. The quantitative estimate of drug-likeness (QED) is 0.680. The van der Waals surface area contributed by atoms with E-state index in [1.54, 1.807) is 34.2 Å². The third-order valence-electron chi connectivity index (χ3n) is 4.92. The first kappa shape index (κ1) is 17.7. The number of aryl methyl sites for hydroxylation is 3. The topological polar surface area (TPSA) is 71.3 Å². The largest absolute Gasteiger partial charge is 0.335 e. The maximum atomic E-state index is 12.9. The normalized spacial score (nSPS) is 14.8. The maximum absolute atomic E-state index is 12.9. The molecule has 0 spiro atoms. The summed E-state index contributed by atoms with van der Waals surface area (Å²) in [5.74, 6) is -0.0204. The van der Waals surface area contributed by atoms with Gasteiger partial charge in [-0.05, 0) is 37.6 Å². The van der Waals surface area contributed by atoms with Crippen LogP contribution in [0.3, 0.4) is 0 Å². The van der Waals surface area contributed by atoms with Gasteiger partial charge in [-0.3, -0.25) is 14.3 Å². The average Bonchev–Trinajstić information content (AvgIpc) is 3.20. The number of carbonyl (C=O) groups excluding carboxylic acids is 2. The van der Waals surface area contributed by atoms with Crippen LogP contribution in [0.4, 0.5) is 0 Å². The molecule has 2 aromatic heterocycles. The van der Waals surface area contributed by atoms with Crippen LogP contribution in [-0.4, -0.2) is 62.6 Å². The Morgan fingerprint density at radius 2 is 1.70 bits per heavy atom. The van der Waals surface area contributed by atoms with Gasteiger partial charge in [-0.1, -0.05) is 0 Å². The van der Waals surface area contributed by atoms with Crippen LogP contribution in [0.25, 0.3) is 10.2 Å². The summed E-state index contributed by atoms with van der Waals surface area (Å²) in [5.41, 5.74) is 3.08. The number of aromatic nitrogens is 3. The molecule has 3 aromatic rings. The monoisotopic (exact) mass is 383 g/mol. The highest BCUT2D eigenvalue weighted by molar-refractivity contribution is 7.18. The zero-order valence-electron chi connectivity index (χ0n) is 15.6. The van der Waals surface area contributed by atoms with Crippen LogP contribution in [0, 0.1) is 13.8 Å². The molecule has 27 heavy (non-hydrogen) atoms. The summed E-state index contributed by atoms with van der Waals surface area (Å²) in [6.45, 7) is 5.96. The van der Waals surface area contributed by atoms with E-state index < -0.39 is 0 Å². The fourth-order valence-corrected chi connectivity index (χ4v) is 4.34. The van der Waals surface area contributed by atoms with Crippen LogP contribution in [0.5, 0.6) is 0 Å². The van der Waals surface area contributed by atoms with Gasteiger partial charge in [-0.25, -0.2) is 4.98 Å². The Kier molecular flexibility index (Phi) is 4.43. The van der Waals surface area contributed by atoms with Crippen LogP contribution in [0.2, 0.25) is 0 Å². The van der Waals surface area contributed by atoms with E-state index in [0.29, 0.717) is 37.4 Å². The Hall–Kier alpha value is -2.74. The highest BCUT2D eigenvalue weighted by Gasteiger charge is 2.27. The molecule has 1 aromatic carbocycles. The Labute approximate surface area is 161 Å². The predicted octanol–water partition coefficient (Wildman–Crippen LogP) is 2.24. The Balaban J connectivity index is 1.45. The molecule has 1 saturated heterocycles. The molecule has 7 nitrogen and oxygen atoms in total. The smallest absolute Gasteiger partial charge is 0.272 e. The number of hydrogen-bond donors (Lipinski definition) is 0. The molecule has 1 fully saturated rings. The lowest BCUT2D eigenvalue weighted by Crippen LogP contribution is -2.51. The minimum absolute atomic E-state index is 0.00626. The zero-order valence-corrected chi connectivity index (χ0v) is 16.4. The second-order valence-corrected chi connectivity index (χ2v) is 8.03. The van der Waals surface area contributed by atoms with E-state index in [2.05, 4.69) is 10.1 Å². The SMILES string of the molecule is Cc1nc2ccc(C(=O)N3CCN(C(=O)c4c(C)cnn4C)CC3)cc2s1. The number of nitrogens with zero attached hydrogens (tertiary/aromatic N) is 5. The summed E-state index contributed by atoms with van der Waals surface area (Å²) >= 11 is 1.59. The molecule has 0 N–H and O–H groups in total. The summed E-state index contributed by atoms with van der Waals surface area (Å²) in [6.07, 6.45) is 1.70. The fraction of sp³-hybridized carbons (Fsp3) is 0.368. The predicted molar refractivity (Wildman–Crippen MR) is 104 cm³/mol. The van der Waals surface area contributed by atoms with Crippen LogP contribution >= 0.6 is 11.3 Å². The molecule has 0 bridgehead atoms. The second kappa shape index (κ2) is 6.77. The average molecular weight is 383 g/mol. The molecule has 4 rings (SSSR count). The van der Waals surface area contributed by atoms with E-state index in [0.717, 1.165) is 20.8 Å². The number of piperazine rings is 1. The van der Waals surface area contributed by atoms with Crippen LogP contribution < -0.4 is 0 Å². The van der Waals surface area contributed by atoms with E-state index in [9.17, 15) is 9.59 Å². The number of thiazole rings is 1. The summed E-state index contributed by atoms with van der Waals surface area (Å²) in [6, 6.07) is 5.65. The molecule has 8 heteroatoms. The van der Waals surface area contributed by atoms with E-state index in [1.807, 2.05) is 36.9 Å². The second-order valence-electron chi connectivity index (χ2n) is 6.80. The lowest BCUT2D eigenvalue weighted by Gasteiger charge is -2.34. The van der Waals surface area contributed by atoms with Gasteiger partial charge in [0.15, 0.2) is 0 Å². The van der Waals surface area contributed by atoms with E-state index in [-0.39, 0.29) is 11.8 Å². The number of benzene rings is 1. The molecule has 0 atom stereocenters. The van der Waals surface area contributed by atoms with Gasteiger partial charge in [0.05, 0.1) is 21.4 Å². The van der Waals surface area contributed by atoms with Crippen molar-refractivity contribution in [3.05, 3.63) is 46.2 Å².